The third-order valence-corrected chi connectivity index (χ3v) is 4.91. The van der Waals surface area contributed by atoms with Gasteiger partial charge >= 0.3 is 0 Å². The maximum Gasteiger partial charge on any atom is 0.255 e. The third kappa shape index (κ3) is 5.41. The van der Waals surface area contributed by atoms with Crippen molar-refractivity contribution in [3.63, 3.8) is 0 Å². The molecular weight excluding hydrogens is 481 g/mol. The highest BCUT2D eigenvalue weighted by Gasteiger charge is 2.15. The van der Waals surface area contributed by atoms with Crippen molar-refractivity contribution in [1.82, 2.24) is 0 Å². The molecule has 6 heteroatoms. The first-order valence-electron chi connectivity index (χ1n) is 9.16. The zero-order valence-corrected chi connectivity index (χ0v) is 18.6. The van der Waals surface area contributed by atoms with Crippen LogP contribution in [0.15, 0.2) is 60.7 Å². The number of anilines is 1. The number of nitrogens with one attached hydrogen (secondary N) is 1. The van der Waals surface area contributed by atoms with Gasteiger partial charge in [0.1, 0.15) is 11.5 Å². The SMILES string of the molecule is CCOc1cc(C(=O)Nc2ccc(Oc3cccc(C)c3)cc2)cc(I)c1OC. The van der Waals surface area contributed by atoms with Crippen molar-refractivity contribution in [2.45, 2.75) is 13.8 Å². The van der Waals surface area contributed by atoms with Crippen LogP contribution in [0.2, 0.25) is 0 Å². The summed E-state index contributed by atoms with van der Waals surface area (Å²) in [4.78, 5) is 12.7. The number of halogens is 1. The standard InChI is InChI=1S/C23H22INO4/c1-4-28-21-14-16(13-20(24)22(21)27-3)23(26)25-17-8-10-18(11-9-17)29-19-7-5-6-15(2)12-19/h5-14H,4H2,1-3H3,(H,25,26). The van der Waals surface area contributed by atoms with Gasteiger partial charge in [0.05, 0.1) is 17.3 Å². The van der Waals surface area contributed by atoms with Gasteiger partial charge in [0, 0.05) is 11.3 Å². The summed E-state index contributed by atoms with van der Waals surface area (Å²) in [6.45, 7) is 4.39. The van der Waals surface area contributed by atoms with Gasteiger partial charge in [-0.3, -0.25) is 4.79 Å². The average molecular weight is 503 g/mol. The Morgan fingerprint density at radius 2 is 1.79 bits per heavy atom. The molecule has 3 rings (SSSR count). The molecule has 0 spiro atoms. The van der Waals surface area contributed by atoms with E-state index in [2.05, 4.69) is 27.9 Å². The largest absolute Gasteiger partial charge is 0.492 e. The molecule has 1 N–H and O–H groups in total. The van der Waals surface area contributed by atoms with E-state index in [1.165, 1.54) is 0 Å². The van der Waals surface area contributed by atoms with Crippen molar-refractivity contribution in [2.24, 2.45) is 0 Å². The van der Waals surface area contributed by atoms with Crippen LogP contribution in [-0.2, 0) is 0 Å². The van der Waals surface area contributed by atoms with Crippen LogP contribution in [0.1, 0.15) is 22.8 Å². The molecular formula is C23H22INO4. The number of rotatable bonds is 7. The summed E-state index contributed by atoms with van der Waals surface area (Å²) in [7, 11) is 1.58. The van der Waals surface area contributed by atoms with Crippen molar-refractivity contribution in [3.05, 3.63) is 75.4 Å². The minimum Gasteiger partial charge on any atom is -0.492 e. The fraction of sp³-hybridized carbons (Fsp3) is 0.174. The molecule has 0 aliphatic rings. The second-order valence-corrected chi connectivity index (χ2v) is 7.48. The molecule has 0 unspecified atom stereocenters. The Morgan fingerprint density at radius 3 is 2.45 bits per heavy atom. The van der Waals surface area contributed by atoms with Gasteiger partial charge in [0.25, 0.3) is 5.91 Å². The lowest BCUT2D eigenvalue weighted by Gasteiger charge is -2.13. The van der Waals surface area contributed by atoms with Crippen LogP contribution in [0.25, 0.3) is 0 Å². The number of hydrogen-bond acceptors (Lipinski definition) is 4. The first kappa shape index (κ1) is 21.0. The maximum absolute atomic E-state index is 12.7. The van der Waals surface area contributed by atoms with Gasteiger partial charge in [-0.05, 0) is 90.5 Å². The van der Waals surface area contributed by atoms with Gasteiger partial charge in [0.2, 0.25) is 0 Å². The van der Waals surface area contributed by atoms with Crippen LogP contribution in [0, 0.1) is 10.5 Å². The molecule has 3 aromatic rings. The topological polar surface area (TPSA) is 56.8 Å². The number of aryl methyl sites for hydroxylation is 1. The van der Waals surface area contributed by atoms with Crippen LogP contribution in [0.4, 0.5) is 5.69 Å². The van der Waals surface area contributed by atoms with E-state index in [4.69, 9.17) is 14.2 Å². The van der Waals surface area contributed by atoms with E-state index >= 15 is 0 Å². The minimum atomic E-state index is -0.223. The van der Waals surface area contributed by atoms with Crippen molar-refractivity contribution in [1.29, 1.82) is 0 Å². The van der Waals surface area contributed by atoms with Gasteiger partial charge in [-0.25, -0.2) is 0 Å². The number of carbonyl (C=O) groups is 1. The van der Waals surface area contributed by atoms with Crippen LogP contribution in [0.3, 0.4) is 0 Å². The molecule has 0 aromatic heterocycles. The number of ether oxygens (including phenoxy) is 3. The number of hydrogen-bond donors (Lipinski definition) is 1. The molecule has 29 heavy (non-hydrogen) atoms. The second-order valence-electron chi connectivity index (χ2n) is 6.32. The minimum absolute atomic E-state index is 0.223. The quantitative estimate of drug-likeness (QED) is 0.399. The summed E-state index contributed by atoms with van der Waals surface area (Å²) < 4.78 is 17.6. The van der Waals surface area contributed by atoms with Gasteiger partial charge in [-0.2, -0.15) is 0 Å². The zero-order chi connectivity index (χ0) is 20.8. The summed E-state index contributed by atoms with van der Waals surface area (Å²) in [6, 6.07) is 18.6. The molecule has 150 valence electrons. The Morgan fingerprint density at radius 1 is 1.03 bits per heavy atom. The van der Waals surface area contributed by atoms with Crippen molar-refractivity contribution < 1.29 is 19.0 Å². The summed E-state index contributed by atoms with van der Waals surface area (Å²) >= 11 is 2.13. The van der Waals surface area contributed by atoms with E-state index in [0.29, 0.717) is 35.1 Å². The lowest BCUT2D eigenvalue weighted by atomic mass is 10.1. The molecule has 0 radical (unpaired) electrons. The van der Waals surface area contributed by atoms with Crippen LogP contribution < -0.4 is 19.5 Å². The number of carbonyl (C=O) groups excluding carboxylic acids is 1. The predicted molar refractivity (Wildman–Crippen MR) is 123 cm³/mol. The fourth-order valence-electron chi connectivity index (χ4n) is 2.78. The zero-order valence-electron chi connectivity index (χ0n) is 16.5. The van der Waals surface area contributed by atoms with Gasteiger partial charge < -0.3 is 19.5 Å². The molecule has 5 nitrogen and oxygen atoms in total. The molecule has 0 saturated heterocycles. The summed E-state index contributed by atoms with van der Waals surface area (Å²) in [5.74, 6) is 2.43. The van der Waals surface area contributed by atoms with Crippen LogP contribution >= 0.6 is 22.6 Å². The molecule has 0 atom stereocenters. The number of methoxy groups -OCH3 is 1. The highest BCUT2D eigenvalue weighted by atomic mass is 127. The first-order valence-corrected chi connectivity index (χ1v) is 10.2. The lowest BCUT2D eigenvalue weighted by molar-refractivity contribution is 0.102. The molecule has 0 saturated carbocycles. The van der Waals surface area contributed by atoms with E-state index < -0.39 is 0 Å². The van der Waals surface area contributed by atoms with E-state index in [-0.39, 0.29) is 5.91 Å². The Balaban J connectivity index is 1.72. The van der Waals surface area contributed by atoms with Crippen LogP contribution in [-0.4, -0.2) is 19.6 Å². The predicted octanol–water partition coefficient (Wildman–Crippen LogP) is 6.05. The second kappa shape index (κ2) is 9.65. The number of benzene rings is 3. The maximum atomic E-state index is 12.7. The van der Waals surface area contributed by atoms with Crippen molar-refractivity contribution >= 4 is 34.2 Å². The normalized spacial score (nSPS) is 10.3. The molecule has 0 aliphatic heterocycles. The van der Waals surface area contributed by atoms with Gasteiger partial charge in [-0.15, -0.1) is 0 Å². The van der Waals surface area contributed by atoms with Crippen molar-refractivity contribution in [3.8, 4) is 23.0 Å². The smallest absolute Gasteiger partial charge is 0.255 e. The monoisotopic (exact) mass is 503 g/mol. The van der Waals surface area contributed by atoms with Gasteiger partial charge in [-0.1, -0.05) is 12.1 Å². The Hall–Kier alpha value is -2.74. The lowest BCUT2D eigenvalue weighted by Crippen LogP contribution is -2.13. The molecule has 0 fully saturated rings. The fourth-order valence-corrected chi connectivity index (χ4v) is 3.61. The molecule has 0 aliphatic carbocycles. The average Bonchev–Trinajstić information content (AvgIpc) is 2.69. The molecule has 0 bridgehead atoms. The Bertz CT molecular complexity index is 1000. The Kier molecular flexibility index (Phi) is 6.98. The highest BCUT2D eigenvalue weighted by molar-refractivity contribution is 14.1. The highest BCUT2D eigenvalue weighted by Crippen LogP contribution is 2.34. The summed E-state index contributed by atoms with van der Waals surface area (Å²) in [5.41, 5.74) is 2.31. The first-order chi connectivity index (χ1) is 14.0. The van der Waals surface area contributed by atoms with E-state index in [1.54, 1.807) is 31.4 Å². The van der Waals surface area contributed by atoms with E-state index in [0.717, 1.165) is 14.9 Å². The molecule has 0 heterocycles. The summed E-state index contributed by atoms with van der Waals surface area (Å²) in [5, 5.41) is 2.90. The third-order valence-electron chi connectivity index (χ3n) is 4.11. The Labute approximate surface area is 184 Å². The molecule has 1 amide bonds. The van der Waals surface area contributed by atoms with E-state index in [9.17, 15) is 4.79 Å². The van der Waals surface area contributed by atoms with Gasteiger partial charge in [0.15, 0.2) is 11.5 Å². The van der Waals surface area contributed by atoms with Crippen LogP contribution in [0.5, 0.6) is 23.0 Å². The van der Waals surface area contributed by atoms with E-state index in [1.807, 2.05) is 50.2 Å². The summed E-state index contributed by atoms with van der Waals surface area (Å²) in [6.07, 6.45) is 0. The molecule has 3 aromatic carbocycles. The number of amides is 1. The van der Waals surface area contributed by atoms with Crippen molar-refractivity contribution in [2.75, 3.05) is 19.0 Å².